The summed E-state index contributed by atoms with van der Waals surface area (Å²) in [7, 11) is 0. The Hall–Kier alpha value is -2.34. The third-order valence-corrected chi connectivity index (χ3v) is 4.43. The first-order valence-corrected chi connectivity index (χ1v) is 8.26. The molecule has 2 aromatic rings. The van der Waals surface area contributed by atoms with Crippen LogP contribution in [-0.2, 0) is 20.7 Å². The summed E-state index contributed by atoms with van der Waals surface area (Å²) in [5.41, 5.74) is 2.06. The third-order valence-electron chi connectivity index (χ3n) is 4.43. The van der Waals surface area contributed by atoms with E-state index in [1.807, 2.05) is 37.4 Å². The van der Waals surface area contributed by atoms with Crippen molar-refractivity contribution < 1.29 is 14.3 Å². The molecule has 3 rings (SSSR count). The fourth-order valence-corrected chi connectivity index (χ4v) is 3.22. The van der Waals surface area contributed by atoms with Gasteiger partial charge in [0.05, 0.1) is 19.3 Å². The van der Waals surface area contributed by atoms with Gasteiger partial charge in [0.25, 0.3) is 0 Å². The fraction of sp³-hybridized carbons (Fsp3) is 0.444. The smallest absolute Gasteiger partial charge is 0.245 e. The van der Waals surface area contributed by atoms with Crippen molar-refractivity contribution in [2.24, 2.45) is 0 Å². The molecule has 2 atom stereocenters. The summed E-state index contributed by atoms with van der Waals surface area (Å²) >= 11 is 0. The van der Waals surface area contributed by atoms with E-state index in [-0.39, 0.29) is 17.9 Å². The number of ether oxygens (including phenoxy) is 1. The second-order valence-electron chi connectivity index (χ2n) is 6.27. The Bertz CT molecular complexity index is 740. The Balaban J connectivity index is 1.83. The highest BCUT2D eigenvalue weighted by molar-refractivity contribution is 5.89. The van der Waals surface area contributed by atoms with Gasteiger partial charge in [0.15, 0.2) is 0 Å². The first kappa shape index (κ1) is 16.5. The summed E-state index contributed by atoms with van der Waals surface area (Å²) < 4.78 is 5.40. The lowest BCUT2D eigenvalue weighted by molar-refractivity contribution is -0.143. The number of nitrogens with zero attached hydrogens (tertiary/aromatic N) is 1. The van der Waals surface area contributed by atoms with Crippen molar-refractivity contribution in [1.29, 1.82) is 0 Å². The zero-order valence-corrected chi connectivity index (χ0v) is 14.0. The second-order valence-corrected chi connectivity index (χ2v) is 6.27. The van der Waals surface area contributed by atoms with Gasteiger partial charge < -0.3 is 19.9 Å². The van der Waals surface area contributed by atoms with Crippen LogP contribution in [0, 0.1) is 0 Å². The van der Waals surface area contributed by atoms with Crippen LogP contribution in [0.2, 0.25) is 0 Å². The highest BCUT2D eigenvalue weighted by Crippen LogP contribution is 2.20. The predicted molar refractivity (Wildman–Crippen MR) is 91.6 cm³/mol. The highest BCUT2D eigenvalue weighted by atomic mass is 16.5. The predicted octanol–water partition coefficient (Wildman–Crippen LogP) is 1.46. The molecule has 6 nitrogen and oxygen atoms in total. The van der Waals surface area contributed by atoms with Gasteiger partial charge in [-0.3, -0.25) is 9.59 Å². The molecule has 1 aliphatic heterocycles. The Morgan fingerprint density at radius 1 is 1.42 bits per heavy atom. The molecule has 2 N–H and O–H groups in total. The number of carbonyl (C=O) groups is 2. The Morgan fingerprint density at radius 3 is 2.96 bits per heavy atom. The lowest BCUT2D eigenvalue weighted by atomic mass is 10.0. The van der Waals surface area contributed by atoms with E-state index in [1.54, 1.807) is 4.90 Å². The molecule has 2 amide bonds. The van der Waals surface area contributed by atoms with Gasteiger partial charge >= 0.3 is 0 Å². The molecule has 0 bridgehead atoms. The van der Waals surface area contributed by atoms with Gasteiger partial charge in [0.1, 0.15) is 6.04 Å². The minimum absolute atomic E-state index is 0.0190. The zero-order chi connectivity index (χ0) is 17.1. The van der Waals surface area contributed by atoms with Crippen LogP contribution in [0.1, 0.15) is 19.4 Å². The summed E-state index contributed by atoms with van der Waals surface area (Å²) in [6.45, 7) is 5.04. The first-order chi connectivity index (χ1) is 11.6. The SMILES string of the molecule is CC(=O)NC(Cc1c[nH]c2ccccc12)C(=O)N1CCOC[C@H]1C. The van der Waals surface area contributed by atoms with Crippen LogP contribution in [-0.4, -0.2) is 53.5 Å². The van der Waals surface area contributed by atoms with E-state index in [1.165, 1.54) is 6.92 Å². The Labute approximate surface area is 141 Å². The first-order valence-electron chi connectivity index (χ1n) is 8.26. The van der Waals surface area contributed by atoms with Crippen LogP contribution in [0.4, 0.5) is 0 Å². The number of aromatic nitrogens is 1. The topological polar surface area (TPSA) is 74.4 Å². The van der Waals surface area contributed by atoms with Gasteiger partial charge in [0, 0.05) is 37.0 Å². The number of amides is 2. The Morgan fingerprint density at radius 2 is 2.21 bits per heavy atom. The number of nitrogens with one attached hydrogen (secondary N) is 2. The number of fused-ring (bicyclic) bond motifs is 1. The summed E-state index contributed by atoms with van der Waals surface area (Å²) in [4.78, 5) is 29.6. The van der Waals surface area contributed by atoms with Crippen LogP contribution in [0.15, 0.2) is 30.5 Å². The number of hydrogen-bond acceptors (Lipinski definition) is 3. The van der Waals surface area contributed by atoms with E-state index >= 15 is 0 Å². The minimum atomic E-state index is -0.567. The molecule has 1 saturated heterocycles. The number of H-pyrrole nitrogens is 1. The van der Waals surface area contributed by atoms with Crippen molar-refractivity contribution in [3.8, 4) is 0 Å². The molecule has 1 unspecified atom stereocenters. The molecule has 128 valence electrons. The zero-order valence-electron chi connectivity index (χ0n) is 14.0. The van der Waals surface area contributed by atoms with Gasteiger partial charge in [-0.15, -0.1) is 0 Å². The van der Waals surface area contributed by atoms with Crippen molar-refractivity contribution in [3.05, 3.63) is 36.0 Å². The summed E-state index contributed by atoms with van der Waals surface area (Å²) in [5, 5.41) is 3.89. The Kier molecular flexibility index (Phi) is 4.85. The van der Waals surface area contributed by atoms with Gasteiger partial charge in [-0.2, -0.15) is 0 Å². The van der Waals surface area contributed by atoms with Crippen LogP contribution >= 0.6 is 0 Å². The number of benzene rings is 1. The molecule has 1 aromatic carbocycles. The van der Waals surface area contributed by atoms with Crippen molar-refractivity contribution >= 4 is 22.7 Å². The largest absolute Gasteiger partial charge is 0.377 e. The highest BCUT2D eigenvalue weighted by Gasteiger charge is 2.30. The van der Waals surface area contributed by atoms with Gasteiger partial charge in [-0.1, -0.05) is 18.2 Å². The van der Waals surface area contributed by atoms with Crippen molar-refractivity contribution in [3.63, 3.8) is 0 Å². The molecule has 0 saturated carbocycles. The molecule has 1 fully saturated rings. The van der Waals surface area contributed by atoms with E-state index < -0.39 is 6.04 Å². The quantitative estimate of drug-likeness (QED) is 0.892. The van der Waals surface area contributed by atoms with E-state index in [9.17, 15) is 9.59 Å². The maximum atomic E-state index is 13.0. The van der Waals surface area contributed by atoms with E-state index in [0.717, 1.165) is 16.5 Å². The van der Waals surface area contributed by atoms with Gasteiger partial charge in [-0.25, -0.2) is 0 Å². The molecule has 2 heterocycles. The van der Waals surface area contributed by atoms with Crippen molar-refractivity contribution in [2.75, 3.05) is 19.8 Å². The lowest BCUT2D eigenvalue weighted by Crippen LogP contribution is -2.55. The number of aromatic amines is 1. The minimum Gasteiger partial charge on any atom is -0.377 e. The normalized spacial score (nSPS) is 19.2. The standard InChI is InChI=1S/C18H23N3O3/c1-12-11-24-8-7-21(12)18(23)17(20-13(2)22)9-14-10-19-16-6-4-3-5-15(14)16/h3-6,10,12,17,19H,7-9,11H2,1-2H3,(H,20,22)/t12-,17?/m1/s1. The molecule has 1 aromatic heterocycles. The number of morpholine rings is 1. The van der Waals surface area contributed by atoms with E-state index in [0.29, 0.717) is 26.2 Å². The average molecular weight is 329 g/mol. The maximum absolute atomic E-state index is 13.0. The van der Waals surface area contributed by atoms with E-state index in [4.69, 9.17) is 4.74 Å². The molecule has 6 heteroatoms. The number of carbonyl (C=O) groups excluding carboxylic acids is 2. The molecule has 1 aliphatic rings. The maximum Gasteiger partial charge on any atom is 0.245 e. The second kappa shape index (κ2) is 7.05. The lowest BCUT2D eigenvalue weighted by Gasteiger charge is -2.35. The fourth-order valence-electron chi connectivity index (χ4n) is 3.22. The third kappa shape index (κ3) is 3.43. The summed E-state index contributed by atoms with van der Waals surface area (Å²) in [6, 6.07) is 7.41. The van der Waals surface area contributed by atoms with E-state index in [2.05, 4.69) is 10.3 Å². The number of para-hydroxylation sites is 1. The van der Waals surface area contributed by atoms with Gasteiger partial charge in [-0.05, 0) is 18.6 Å². The average Bonchev–Trinajstić information content (AvgIpc) is 2.97. The molecular weight excluding hydrogens is 306 g/mol. The molecular formula is C18H23N3O3. The number of hydrogen-bond donors (Lipinski definition) is 2. The van der Waals surface area contributed by atoms with Crippen LogP contribution in [0.3, 0.4) is 0 Å². The van der Waals surface area contributed by atoms with Crippen LogP contribution in [0.5, 0.6) is 0 Å². The van der Waals surface area contributed by atoms with Crippen molar-refractivity contribution in [2.45, 2.75) is 32.4 Å². The van der Waals surface area contributed by atoms with Gasteiger partial charge in [0.2, 0.25) is 11.8 Å². The van der Waals surface area contributed by atoms with Crippen molar-refractivity contribution in [1.82, 2.24) is 15.2 Å². The summed E-state index contributed by atoms with van der Waals surface area (Å²) in [6.07, 6.45) is 2.38. The van der Waals surface area contributed by atoms with Crippen LogP contribution < -0.4 is 5.32 Å². The summed E-state index contributed by atoms with van der Waals surface area (Å²) in [5.74, 6) is -0.250. The molecule has 0 radical (unpaired) electrons. The molecule has 0 spiro atoms. The molecule has 0 aliphatic carbocycles. The monoisotopic (exact) mass is 329 g/mol. The van der Waals surface area contributed by atoms with Crippen LogP contribution in [0.25, 0.3) is 10.9 Å². The molecule has 24 heavy (non-hydrogen) atoms. The number of rotatable bonds is 4.